The Morgan fingerprint density at radius 1 is 1.21 bits per heavy atom. The predicted molar refractivity (Wildman–Crippen MR) is 108 cm³/mol. The Morgan fingerprint density at radius 2 is 2.00 bits per heavy atom. The molecule has 0 saturated carbocycles. The number of aryl methyl sites for hydroxylation is 1. The van der Waals surface area contributed by atoms with Gasteiger partial charge in [0.1, 0.15) is 5.82 Å². The molecule has 7 heteroatoms. The summed E-state index contributed by atoms with van der Waals surface area (Å²) in [6.07, 6.45) is 5.43. The van der Waals surface area contributed by atoms with Crippen LogP contribution in [-0.2, 0) is 11.8 Å². The van der Waals surface area contributed by atoms with E-state index in [-0.39, 0.29) is 13.1 Å². The minimum absolute atomic E-state index is 0.135. The molecule has 0 spiro atoms. The second-order valence-electron chi connectivity index (χ2n) is 8.02. The molecule has 0 bridgehead atoms. The van der Waals surface area contributed by atoms with E-state index in [4.69, 9.17) is 0 Å². The van der Waals surface area contributed by atoms with Crippen LogP contribution < -0.4 is 5.32 Å². The summed E-state index contributed by atoms with van der Waals surface area (Å²) in [5, 5.41) is 8.72. The largest absolute Gasteiger partial charge is 0.308 e. The molecule has 28 heavy (non-hydrogen) atoms. The lowest BCUT2D eigenvalue weighted by Crippen LogP contribution is -2.65. The molecule has 0 aliphatic carbocycles. The fourth-order valence-electron chi connectivity index (χ4n) is 3.64. The maximum atomic E-state index is 14.8. The van der Waals surface area contributed by atoms with Crippen LogP contribution in [0.5, 0.6) is 0 Å². The lowest BCUT2D eigenvalue weighted by molar-refractivity contribution is -0.139. The van der Waals surface area contributed by atoms with Crippen molar-refractivity contribution >= 4 is 22.5 Å². The number of benzene rings is 1. The summed E-state index contributed by atoms with van der Waals surface area (Å²) in [5.41, 5.74) is 0.187. The number of halogens is 1. The normalized spacial score (nSPS) is 16.3. The quantitative estimate of drug-likeness (QED) is 0.737. The van der Waals surface area contributed by atoms with Gasteiger partial charge >= 0.3 is 0 Å². The van der Waals surface area contributed by atoms with Gasteiger partial charge in [-0.25, -0.2) is 9.37 Å². The number of pyridine rings is 1. The highest BCUT2D eigenvalue weighted by Crippen LogP contribution is 2.29. The minimum atomic E-state index is -1.84. The fourth-order valence-corrected chi connectivity index (χ4v) is 3.64. The number of likely N-dealkylation sites (tertiary alicyclic amines) is 1. The Labute approximate surface area is 163 Å². The molecule has 1 aromatic carbocycles. The number of amides is 1. The Bertz CT molecular complexity index is 1020. The number of nitrogens with zero attached hydrogens (tertiary/aromatic N) is 4. The van der Waals surface area contributed by atoms with Crippen LogP contribution in [0.1, 0.15) is 13.8 Å². The Morgan fingerprint density at radius 3 is 2.68 bits per heavy atom. The van der Waals surface area contributed by atoms with Gasteiger partial charge < -0.3 is 5.32 Å². The van der Waals surface area contributed by atoms with Gasteiger partial charge in [0.15, 0.2) is 0 Å². The second-order valence-corrected chi connectivity index (χ2v) is 8.02. The highest BCUT2D eigenvalue weighted by Gasteiger charge is 2.50. The van der Waals surface area contributed by atoms with E-state index in [9.17, 15) is 9.18 Å². The SMILES string of the molecule is CC(C)CN1CC(F)(C(=O)Nc2cc3cc(-c4cnn(C)c4)ccc3cn2)C1. The molecule has 1 N–H and O–H groups in total. The molecule has 3 heterocycles. The molecule has 1 aliphatic heterocycles. The van der Waals surface area contributed by atoms with Crippen LogP contribution in [0.15, 0.2) is 42.9 Å². The zero-order valence-electron chi connectivity index (χ0n) is 16.3. The topological polar surface area (TPSA) is 63.1 Å². The number of hydrogen-bond acceptors (Lipinski definition) is 4. The number of nitrogens with one attached hydrogen (secondary N) is 1. The number of rotatable bonds is 5. The Kier molecular flexibility index (Phi) is 4.63. The van der Waals surface area contributed by atoms with Crippen molar-refractivity contribution in [3.05, 3.63) is 42.9 Å². The molecule has 4 rings (SSSR count). The van der Waals surface area contributed by atoms with Gasteiger partial charge in [0.05, 0.1) is 6.20 Å². The first-order chi connectivity index (χ1) is 13.3. The molecule has 2 aromatic heterocycles. The van der Waals surface area contributed by atoms with Gasteiger partial charge in [-0.2, -0.15) is 5.10 Å². The van der Waals surface area contributed by atoms with Gasteiger partial charge in [0.2, 0.25) is 5.67 Å². The van der Waals surface area contributed by atoms with E-state index in [0.717, 1.165) is 28.4 Å². The number of aromatic nitrogens is 3. The summed E-state index contributed by atoms with van der Waals surface area (Å²) in [5.74, 6) is 0.187. The Hall–Kier alpha value is -2.80. The van der Waals surface area contributed by atoms with Crippen molar-refractivity contribution in [1.82, 2.24) is 19.7 Å². The molecule has 1 amide bonds. The van der Waals surface area contributed by atoms with Crippen LogP contribution in [0.2, 0.25) is 0 Å². The third-order valence-corrected chi connectivity index (χ3v) is 4.98. The zero-order valence-corrected chi connectivity index (χ0v) is 16.3. The van der Waals surface area contributed by atoms with Crippen molar-refractivity contribution in [2.45, 2.75) is 19.5 Å². The number of carbonyl (C=O) groups excluding carboxylic acids is 1. The molecule has 1 aliphatic rings. The number of carbonyl (C=O) groups is 1. The van der Waals surface area contributed by atoms with Crippen molar-refractivity contribution < 1.29 is 9.18 Å². The first kappa shape index (κ1) is 18.6. The molecule has 3 aromatic rings. The van der Waals surface area contributed by atoms with Gasteiger partial charge in [0.25, 0.3) is 5.91 Å². The lowest BCUT2D eigenvalue weighted by Gasteiger charge is -2.43. The van der Waals surface area contributed by atoms with Crippen molar-refractivity contribution in [1.29, 1.82) is 0 Å². The van der Waals surface area contributed by atoms with Crippen molar-refractivity contribution in [3.63, 3.8) is 0 Å². The van der Waals surface area contributed by atoms with E-state index < -0.39 is 11.6 Å². The van der Waals surface area contributed by atoms with Gasteiger partial charge in [-0.1, -0.05) is 26.0 Å². The van der Waals surface area contributed by atoms with Gasteiger partial charge in [-0.3, -0.25) is 14.4 Å². The van der Waals surface area contributed by atoms with Crippen molar-refractivity contribution in [3.8, 4) is 11.1 Å². The summed E-state index contributed by atoms with van der Waals surface area (Å²) < 4.78 is 16.5. The predicted octanol–water partition coefficient (Wildman–Crippen LogP) is 3.25. The molecule has 0 unspecified atom stereocenters. The summed E-state index contributed by atoms with van der Waals surface area (Å²) in [6.45, 7) is 5.23. The molecule has 0 radical (unpaired) electrons. The third-order valence-electron chi connectivity index (χ3n) is 4.98. The van der Waals surface area contributed by atoms with Crippen LogP contribution in [0.4, 0.5) is 10.2 Å². The van der Waals surface area contributed by atoms with E-state index in [2.05, 4.69) is 29.2 Å². The van der Waals surface area contributed by atoms with E-state index in [0.29, 0.717) is 11.7 Å². The van der Waals surface area contributed by atoms with Gasteiger partial charge in [-0.05, 0) is 29.0 Å². The molecule has 0 atom stereocenters. The Balaban J connectivity index is 1.50. The number of alkyl halides is 1. The molecule has 1 saturated heterocycles. The maximum Gasteiger partial charge on any atom is 0.265 e. The van der Waals surface area contributed by atoms with E-state index >= 15 is 0 Å². The van der Waals surface area contributed by atoms with Crippen LogP contribution >= 0.6 is 0 Å². The zero-order chi connectivity index (χ0) is 19.9. The van der Waals surface area contributed by atoms with Crippen LogP contribution in [-0.4, -0.2) is 50.9 Å². The van der Waals surface area contributed by atoms with E-state index in [1.54, 1.807) is 23.1 Å². The molecular formula is C21H24FN5O. The number of hydrogen-bond donors (Lipinski definition) is 1. The molecule has 146 valence electrons. The van der Waals surface area contributed by atoms with Crippen molar-refractivity contribution in [2.75, 3.05) is 25.0 Å². The first-order valence-electron chi connectivity index (χ1n) is 9.44. The van der Waals surface area contributed by atoms with Crippen LogP contribution in [0.25, 0.3) is 21.9 Å². The van der Waals surface area contributed by atoms with Crippen LogP contribution in [0.3, 0.4) is 0 Å². The summed E-state index contributed by atoms with van der Waals surface area (Å²) in [7, 11) is 1.87. The second kappa shape index (κ2) is 6.98. The van der Waals surface area contributed by atoms with E-state index in [1.165, 1.54) is 0 Å². The van der Waals surface area contributed by atoms with Crippen LogP contribution in [0, 0.1) is 5.92 Å². The molecular weight excluding hydrogens is 357 g/mol. The molecule has 6 nitrogen and oxygen atoms in total. The number of anilines is 1. The first-order valence-corrected chi connectivity index (χ1v) is 9.44. The highest BCUT2D eigenvalue weighted by molar-refractivity contribution is 5.99. The van der Waals surface area contributed by atoms with Gasteiger partial charge in [0, 0.05) is 50.0 Å². The monoisotopic (exact) mass is 381 g/mol. The summed E-state index contributed by atoms with van der Waals surface area (Å²) >= 11 is 0. The van der Waals surface area contributed by atoms with Gasteiger partial charge in [-0.15, -0.1) is 0 Å². The summed E-state index contributed by atoms with van der Waals surface area (Å²) in [4.78, 5) is 18.6. The highest BCUT2D eigenvalue weighted by atomic mass is 19.1. The number of fused-ring (bicyclic) bond motifs is 1. The summed E-state index contributed by atoms with van der Waals surface area (Å²) in [6, 6.07) is 7.78. The van der Waals surface area contributed by atoms with Crippen molar-refractivity contribution in [2.24, 2.45) is 13.0 Å². The fraction of sp³-hybridized carbons (Fsp3) is 0.381. The maximum absolute atomic E-state index is 14.8. The lowest BCUT2D eigenvalue weighted by atomic mass is 9.94. The smallest absolute Gasteiger partial charge is 0.265 e. The minimum Gasteiger partial charge on any atom is -0.308 e. The molecule has 1 fully saturated rings. The third kappa shape index (κ3) is 3.62. The average Bonchev–Trinajstić information content (AvgIpc) is 3.05. The average molecular weight is 381 g/mol. The van der Waals surface area contributed by atoms with E-state index in [1.807, 2.05) is 36.3 Å². The standard InChI is InChI=1S/C21H24FN5O/c1-14(2)10-27-12-21(22,13-27)20(28)25-19-7-17-6-15(4-5-16(17)8-23-19)18-9-24-26(3)11-18/h4-9,11,14H,10,12-13H2,1-3H3,(H,23,25,28).